The van der Waals surface area contributed by atoms with Crippen LogP contribution >= 0.6 is 0 Å². The van der Waals surface area contributed by atoms with E-state index in [0.29, 0.717) is 13.1 Å². The lowest BCUT2D eigenvalue weighted by molar-refractivity contribution is 0.210. The van der Waals surface area contributed by atoms with Crippen LogP contribution in [-0.2, 0) is 13.1 Å². The van der Waals surface area contributed by atoms with E-state index in [1.54, 1.807) is 0 Å². The Morgan fingerprint density at radius 2 is 1.68 bits per heavy atom. The second-order valence-corrected chi connectivity index (χ2v) is 6.72. The first kappa shape index (κ1) is 16.0. The Hall–Kier alpha value is -2.53. The van der Waals surface area contributed by atoms with E-state index < -0.39 is 0 Å². The molecule has 2 aliphatic heterocycles. The van der Waals surface area contributed by atoms with Gasteiger partial charge in [0, 0.05) is 44.5 Å². The van der Waals surface area contributed by atoms with Crippen molar-refractivity contribution in [3.8, 4) is 0 Å². The van der Waals surface area contributed by atoms with Crippen LogP contribution < -0.4 is 15.1 Å². The summed E-state index contributed by atoms with van der Waals surface area (Å²) in [6, 6.07) is 16.6. The quantitative estimate of drug-likeness (QED) is 0.937. The minimum Gasteiger partial charge on any atom is -0.369 e. The first-order chi connectivity index (χ1) is 12.2. The zero-order valence-electron chi connectivity index (χ0n) is 14.6. The molecule has 4 rings (SSSR count). The fourth-order valence-corrected chi connectivity index (χ4v) is 3.71. The van der Waals surface area contributed by atoms with E-state index in [1.165, 1.54) is 11.3 Å². The molecular formula is C20H24N4O. The number of hydrogen-bond donors (Lipinski definition) is 1. The molecule has 1 N–H and O–H groups in total. The van der Waals surface area contributed by atoms with Crippen molar-refractivity contribution in [2.45, 2.75) is 13.1 Å². The van der Waals surface area contributed by atoms with E-state index in [1.807, 2.05) is 35.0 Å². The standard InChI is InChI=1S/C20H24N4O/c1-22-15-17-18(23-12-10-21-11-13-23)8-5-9-19(17)24(20(22)25)14-16-6-3-2-4-7-16/h2-9,21H,10-15H2,1H3. The number of carbonyl (C=O) groups excluding carboxylic acids is 1. The molecule has 0 aliphatic carbocycles. The van der Waals surface area contributed by atoms with Gasteiger partial charge in [-0.1, -0.05) is 36.4 Å². The summed E-state index contributed by atoms with van der Waals surface area (Å²) in [4.78, 5) is 19.0. The van der Waals surface area contributed by atoms with Gasteiger partial charge in [-0.3, -0.25) is 4.90 Å². The third-order valence-corrected chi connectivity index (χ3v) is 5.01. The van der Waals surface area contributed by atoms with Gasteiger partial charge in [-0.25, -0.2) is 4.79 Å². The van der Waals surface area contributed by atoms with Crippen molar-refractivity contribution in [3.63, 3.8) is 0 Å². The normalized spacial score (nSPS) is 17.6. The van der Waals surface area contributed by atoms with Crippen molar-refractivity contribution in [3.05, 3.63) is 59.7 Å². The van der Waals surface area contributed by atoms with Gasteiger partial charge in [-0.2, -0.15) is 0 Å². The summed E-state index contributed by atoms with van der Waals surface area (Å²) in [6.07, 6.45) is 0. The minimum atomic E-state index is 0.0637. The van der Waals surface area contributed by atoms with Crippen LogP contribution in [0.25, 0.3) is 0 Å². The zero-order valence-corrected chi connectivity index (χ0v) is 14.6. The fourth-order valence-electron chi connectivity index (χ4n) is 3.71. The molecule has 0 atom stereocenters. The molecule has 2 aromatic rings. The summed E-state index contributed by atoms with van der Waals surface area (Å²) in [6.45, 7) is 5.29. The van der Waals surface area contributed by atoms with Crippen LogP contribution in [0.5, 0.6) is 0 Å². The van der Waals surface area contributed by atoms with Crippen LogP contribution in [-0.4, -0.2) is 44.2 Å². The molecule has 0 aromatic heterocycles. The monoisotopic (exact) mass is 336 g/mol. The van der Waals surface area contributed by atoms with Crippen LogP contribution in [0.15, 0.2) is 48.5 Å². The SMILES string of the molecule is CN1Cc2c(N3CCNCC3)cccc2N(Cc2ccccc2)C1=O. The first-order valence-corrected chi connectivity index (χ1v) is 8.88. The van der Waals surface area contributed by atoms with Gasteiger partial charge in [-0.05, 0) is 17.7 Å². The maximum absolute atomic E-state index is 12.8. The van der Waals surface area contributed by atoms with Crippen molar-refractivity contribution >= 4 is 17.4 Å². The van der Waals surface area contributed by atoms with E-state index in [9.17, 15) is 4.79 Å². The van der Waals surface area contributed by atoms with E-state index in [4.69, 9.17) is 0 Å². The molecule has 5 nitrogen and oxygen atoms in total. The van der Waals surface area contributed by atoms with Crippen LogP contribution in [0.4, 0.5) is 16.2 Å². The van der Waals surface area contributed by atoms with E-state index in [2.05, 4.69) is 40.5 Å². The molecule has 2 aromatic carbocycles. The number of anilines is 2. The predicted molar refractivity (Wildman–Crippen MR) is 101 cm³/mol. The van der Waals surface area contributed by atoms with E-state index in [0.717, 1.165) is 37.4 Å². The highest BCUT2D eigenvalue weighted by molar-refractivity contribution is 5.96. The number of fused-ring (bicyclic) bond motifs is 1. The summed E-state index contributed by atoms with van der Waals surface area (Å²) in [5.41, 5.74) is 4.70. The Kier molecular flexibility index (Phi) is 4.32. The number of amides is 2. The number of piperazine rings is 1. The molecule has 2 aliphatic rings. The molecule has 130 valence electrons. The van der Waals surface area contributed by atoms with E-state index in [-0.39, 0.29) is 6.03 Å². The number of nitrogens with zero attached hydrogens (tertiary/aromatic N) is 3. The predicted octanol–water partition coefficient (Wildman–Crippen LogP) is 2.67. The molecule has 2 amide bonds. The van der Waals surface area contributed by atoms with Gasteiger partial charge in [0.05, 0.1) is 18.8 Å². The minimum absolute atomic E-state index is 0.0637. The van der Waals surface area contributed by atoms with Crippen molar-refractivity contribution < 1.29 is 4.79 Å². The Morgan fingerprint density at radius 1 is 0.960 bits per heavy atom. The number of rotatable bonds is 3. The molecule has 0 bridgehead atoms. The lowest BCUT2D eigenvalue weighted by atomic mass is 10.0. The Balaban J connectivity index is 1.72. The van der Waals surface area contributed by atoms with Gasteiger partial charge < -0.3 is 15.1 Å². The molecule has 0 unspecified atom stereocenters. The number of benzene rings is 2. The number of hydrogen-bond acceptors (Lipinski definition) is 3. The van der Waals surface area contributed by atoms with Crippen LogP contribution in [0, 0.1) is 0 Å². The lowest BCUT2D eigenvalue weighted by Gasteiger charge is -2.39. The summed E-state index contributed by atoms with van der Waals surface area (Å²) in [7, 11) is 1.89. The van der Waals surface area contributed by atoms with Gasteiger partial charge >= 0.3 is 6.03 Å². The number of carbonyl (C=O) groups is 1. The van der Waals surface area contributed by atoms with Gasteiger partial charge in [0.2, 0.25) is 0 Å². The summed E-state index contributed by atoms with van der Waals surface area (Å²) >= 11 is 0. The van der Waals surface area contributed by atoms with Crippen LogP contribution in [0.3, 0.4) is 0 Å². The van der Waals surface area contributed by atoms with Crippen molar-refractivity contribution in [1.82, 2.24) is 10.2 Å². The third kappa shape index (κ3) is 3.07. The molecule has 25 heavy (non-hydrogen) atoms. The maximum Gasteiger partial charge on any atom is 0.324 e. The molecule has 2 heterocycles. The molecule has 0 spiro atoms. The third-order valence-electron chi connectivity index (χ3n) is 5.01. The Bertz CT molecular complexity index is 756. The summed E-state index contributed by atoms with van der Waals surface area (Å²) in [5, 5.41) is 3.41. The topological polar surface area (TPSA) is 38.8 Å². The molecule has 0 saturated carbocycles. The smallest absolute Gasteiger partial charge is 0.324 e. The summed E-state index contributed by atoms with van der Waals surface area (Å²) < 4.78 is 0. The molecular weight excluding hydrogens is 312 g/mol. The second-order valence-electron chi connectivity index (χ2n) is 6.72. The van der Waals surface area contributed by atoms with Crippen molar-refractivity contribution in [1.29, 1.82) is 0 Å². The Labute approximate surface area is 148 Å². The zero-order chi connectivity index (χ0) is 17.2. The highest BCUT2D eigenvalue weighted by Gasteiger charge is 2.30. The van der Waals surface area contributed by atoms with Crippen LogP contribution in [0.1, 0.15) is 11.1 Å². The van der Waals surface area contributed by atoms with Gasteiger partial charge in [0.25, 0.3) is 0 Å². The molecule has 5 heteroatoms. The Morgan fingerprint density at radius 3 is 2.44 bits per heavy atom. The average molecular weight is 336 g/mol. The molecule has 1 fully saturated rings. The number of urea groups is 1. The lowest BCUT2D eigenvalue weighted by Crippen LogP contribution is -2.47. The van der Waals surface area contributed by atoms with Crippen molar-refractivity contribution in [2.75, 3.05) is 43.0 Å². The van der Waals surface area contributed by atoms with Gasteiger partial charge in [-0.15, -0.1) is 0 Å². The molecule has 0 radical (unpaired) electrons. The second kappa shape index (κ2) is 6.76. The highest BCUT2D eigenvalue weighted by atomic mass is 16.2. The van der Waals surface area contributed by atoms with E-state index >= 15 is 0 Å². The molecule has 1 saturated heterocycles. The van der Waals surface area contributed by atoms with Gasteiger partial charge in [0.1, 0.15) is 0 Å². The maximum atomic E-state index is 12.8. The first-order valence-electron chi connectivity index (χ1n) is 8.88. The largest absolute Gasteiger partial charge is 0.369 e. The van der Waals surface area contributed by atoms with Crippen LogP contribution in [0.2, 0.25) is 0 Å². The average Bonchev–Trinajstić information content (AvgIpc) is 2.66. The fraction of sp³-hybridized carbons (Fsp3) is 0.350. The summed E-state index contributed by atoms with van der Waals surface area (Å²) in [5.74, 6) is 0. The van der Waals surface area contributed by atoms with Crippen molar-refractivity contribution in [2.24, 2.45) is 0 Å². The van der Waals surface area contributed by atoms with Gasteiger partial charge in [0.15, 0.2) is 0 Å². The highest BCUT2D eigenvalue weighted by Crippen LogP contribution is 2.36. The number of nitrogens with one attached hydrogen (secondary N) is 1.